The van der Waals surface area contributed by atoms with Crippen molar-refractivity contribution in [3.05, 3.63) is 60.4 Å². The lowest BCUT2D eigenvalue weighted by atomic mass is 10.1. The van der Waals surface area contributed by atoms with Crippen molar-refractivity contribution in [2.45, 2.75) is 13.0 Å². The van der Waals surface area contributed by atoms with Crippen LogP contribution in [0.3, 0.4) is 0 Å². The number of hydrogen-bond donors (Lipinski definition) is 1. The fraction of sp³-hybridized carbons (Fsp3) is 0.125. The van der Waals surface area contributed by atoms with Crippen LogP contribution in [0.25, 0.3) is 10.9 Å². The van der Waals surface area contributed by atoms with Crippen molar-refractivity contribution < 1.29 is 4.74 Å². The topological polar surface area (TPSA) is 61.0 Å². The van der Waals surface area contributed by atoms with E-state index in [1.54, 1.807) is 12.4 Å². The summed E-state index contributed by atoms with van der Waals surface area (Å²) >= 11 is 0. The lowest BCUT2D eigenvalue weighted by molar-refractivity contribution is 0.452. The molecule has 2 N–H and O–H groups in total. The van der Waals surface area contributed by atoms with Gasteiger partial charge >= 0.3 is 0 Å². The Morgan fingerprint density at radius 2 is 1.85 bits per heavy atom. The van der Waals surface area contributed by atoms with Gasteiger partial charge in [-0.05, 0) is 31.2 Å². The van der Waals surface area contributed by atoms with Gasteiger partial charge in [-0.1, -0.05) is 12.1 Å². The first-order valence-electron chi connectivity index (χ1n) is 6.47. The maximum absolute atomic E-state index is 5.93. The molecule has 0 unspecified atom stereocenters. The van der Waals surface area contributed by atoms with E-state index in [2.05, 4.69) is 9.97 Å². The summed E-state index contributed by atoms with van der Waals surface area (Å²) in [6.07, 6.45) is 3.46. The first-order valence-corrected chi connectivity index (χ1v) is 6.47. The molecular formula is C16H15N3O. The summed E-state index contributed by atoms with van der Waals surface area (Å²) < 4.78 is 5.85. The Balaban J connectivity index is 1.97. The maximum atomic E-state index is 5.93. The molecule has 2 aromatic heterocycles. The summed E-state index contributed by atoms with van der Waals surface area (Å²) in [6.45, 7) is 1.91. The Morgan fingerprint density at radius 3 is 2.70 bits per heavy atom. The zero-order valence-electron chi connectivity index (χ0n) is 11.2. The van der Waals surface area contributed by atoms with Crippen LogP contribution in [-0.4, -0.2) is 9.97 Å². The predicted molar refractivity (Wildman–Crippen MR) is 78.7 cm³/mol. The standard InChI is InChI=1S/C16H15N3O/c1-11(17)14-5-3-9-19-16(14)20-13-7-6-12-4-2-8-18-15(12)10-13/h2-11H,17H2,1H3/t11-/m0/s1. The van der Waals surface area contributed by atoms with Crippen LogP contribution < -0.4 is 10.5 Å². The van der Waals surface area contributed by atoms with Crippen LogP contribution in [0.15, 0.2) is 54.9 Å². The van der Waals surface area contributed by atoms with E-state index in [1.807, 2.05) is 49.4 Å². The number of nitrogens with two attached hydrogens (primary N) is 1. The van der Waals surface area contributed by atoms with Gasteiger partial charge in [-0.15, -0.1) is 0 Å². The van der Waals surface area contributed by atoms with Gasteiger partial charge in [0.2, 0.25) is 5.88 Å². The third-order valence-corrected chi connectivity index (χ3v) is 3.08. The maximum Gasteiger partial charge on any atom is 0.223 e. The van der Waals surface area contributed by atoms with E-state index >= 15 is 0 Å². The Bertz CT molecular complexity index is 740. The van der Waals surface area contributed by atoms with Crippen molar-refractivity contribution in [1.29, 1.82) is 0 Å². The molecule has 0 spiro atoms. The Morgan fingerprint density at radius 1 is 1.05 bits per heavy atom. The number of ether oxygens (including phenoxy) is 1. The molecular weight excluding hydrogens is 250 g/mol. The number of fused-ring (bicyclic) bond motifs is 1. The number of pyridine rings is 2. The molecule has 4 nitrogen and oxygen atoms in total. The highest BCUT2D eigenvalue weighted by molar-refractivity contribution is 5.79. The van der Waals surface area contributed by atoms with Crippen LogP contribution in [0.5, 0.6) is 11.6 Å². The monoisotopic (exact) mass is 265 g/mol. The average Bonchev–Trinajstić information content (AvgIpc) is 2.47. The highest BCUT2D eigenvalue weighted by Gasteiger charge is 2.10. The molecule has 0 aliphatic carbocycles. The summed E-state index contributed by atoms with van der Waals surface area (Å²) in [5.74, 6) is 1.24. The lowest BCUT2D eigenvalue weighted by Gasteiger charge is -2.12. The second-order valence-corrected chi connectivity index (χ2v) is 4.65. The van der Waals surface area contributed by atoms with Crippen molar-refractivity contribution in [3.63, 3.8) is 0 Å². The molecule has 0 saturated heterocycles. The molecule has 0 aliphatic rings. The molecule has 1 aromatic carbocycles. The van der Waals surface area contributed by atoms with Crippen LogP contribution in [-0.2, 0) is 0 Å². The molecule has 2 heterocycles. The van der Waals surface area contributed by atoms with Crippen molar-refractivity contribution in [3.8, 4) is 11.6 Å². The molecule has 100 valence electrons. The van der Waals surface area contributed by atoms with Gasteiger partial charge in [-0.25, -0.2) is 4.98 Å². The first kappa shape index (κ1) is 12.6. The third-order valence-electron chi connectivity index (χ3n) is 3.08. The van der Waals surface area contributed by atoms with Crippen molar-refractivity contribution in [2.24, 2.45) is 5.73 Å². The Kier molecular flexibility index (Phi) is 3.31. The van der Waals surface area contributed by atoms with Gasteiger partial charge in [0.15, 0.2) is 0 Å². The minimum absolute atomic E-state index is 0.128. The summed E-state index contributed by atoms with van der Waals surface area (Å²) in [6, 6.07) is 13.4. The van der Waals surface area contributed by atoms with Crippen LogP contribution in [0, 0.1) is 0 Å². The number of hydrogen-bond acceptors (Lipinski definition) is 4. The molecule has 3 rings (SSSR count). The molecule has 0 saturated carbocycles. The van der Waals surface area contributed by atoms with E-state index < -0.39 is 0 Å². The number of aromatic nitrogens is 2. The molecule has 0 amide bonds. The van der Waals surface area contributed by atoms with Crippen molar-refractivity contribution in [1.82, 2.24) is 9.97 Å². The summed E-state index contributed by atoms with van der Waals surface area (Å²) in [5.41, 5.74) is 7.70. The number of benzene rings is 1. The van der Waals surface area contributed by atoms with E-state index in [1.165, 1.54) is 0 Å². The molecule has 0 fully saturated rings. The molecule has 4 heteroatoms. The average molecular weight is 265 g/mol. The highest BCUT2D eigenvalue weighted by atomic mass is 16.5. The van der Waals surface area contributed by atoms with Gasteiger partial charge < -0.3 is 10.5 Å². The minimum atomic E-state index is -0.128. The smallest absolute Gasteiger partial charge is 0.223 e. The van der Waals surface area contributed by atoms with Gasteiger partial charge in [0.05, 0.1) is 5.52 Å². The normalized spacial score (nSPS) is 12.3. The molecule has 3 aromatic rings. The predicted octanol–water partition coefficient (Wildman–Crippen LogP) is 3.44. The molecule has 0 bridgehead atoms. The zero-order chi connectivity index (χ0) is 13.9. The van der Waals surface area contributed by atoms with Crippen LogP contribution in [0.4, 0.5) is 0 Å². The minimum Gasteiger partial charge on any atom is -0.439 e. The van der Waals surface area contributed by atoms with Crippen LogP contribution in [0.2, 0.25) is 0 Å². The Labute approximate surface area is 117 Å². The second-order valence-electron chi connectivity index (χ2n) is 4.65. The Hall–Kier alpha value is -2.46. The summed E-state index contributed by atoms with van der Waals surface area (Å²) in [7, 11) is 0. The third kappa shape index (κ3) is 2.46. The number of rotatable bonds is 3. The van der Waals surface area contributed by atoms with Gasteiger partial charge in [0.1, 0.15) is 5.75 Å². The van der Waals surface area contributed by atoms with E-state index in [0.717, 1.165) is 16.5 Å². The lowest BCUT2D eigenvalue weighted by Crippen LogP contribution is -2.07. The van der Waals surface area contributed by atoms with Gasteiger partial charge in [-0.3, -0.25) is 4.98 Å². The summed E-state index contributed by atoms with van der Waals surface area (Å²) in [5, 5.41) is 1.08. The van der Waals surface area contributed by atoms with E-state index in [9.17, 15) is 0 Å². The molecule has 0 aliphatic heterocycles. The highest BCUT2D eigenvalue weighted by Crippen LogP contribution is 2.27. The largest absolute Gasteiger partial charge is 0.439 e. The summed E-state index contributed by atoms with van der Waals surface area (Å²) in [4.78, 5) is 8.57. The quantitative estimate of drug-likeness (QED) is 0.788. The van der Waals surface area contributed by atoms with E-state index in [-0.39, 0.29) is 6.04 Å². The van der Waals surface area contributed by atoms with Crippen LogP contribution in [0.1, 0.15) is 18.5 Å². The van der Waals surface area contributed by atoms with E-state index in [4.69, 9.17) is 10.5 Å². The first-order chi connectivity index (χ1) is 9.74. The molecule has 0 radical (unpaired) electrons. The van der Waals surface area contributed by atoms with E-state index in [0.29, 0.717) is 11.6 Å². The molecule has 20 heavy (non-hydrogen) atoms. The van der Waals surface area contributed by atoms with Crippen LogP contribution >= 0.6 is 0 Å². The fourth-order valence-corrected chi connectivity index (χ4v) is 2.06. The fourth-order valence-electron chi connectivity index (χ4n) is 2.06. The second kappa shape index (κ2) is 5.27. The molecule has 1 atom stereocenters. The SMILES string of the molecule is C[C@H](N)c1cccnc1Oc1ccc2cccnc2c1. The van der Waals surface area contributed by atoms with Gasteiger partial charge in [0.25, 0.3) is 0 Å². The zero-order valence-corrected chi connectivity index (χ0v) is 11.2. The van der Waals surface area contributed by atoms with Gasteiger partial charge in [-0.2, -0.15) is 0 Å². The van der Waals surface area contributed by atoms with Crippen molar-refractivity contribution >= 4 is 10.9 Å². The number of nitrogens with zero attached hydrogens (tertiary/aromatic N) is 2. The van der Waals surface area contributed by atoms with Crippen molar-refractivity contribution in [2.75, 3.05) is 0 Å². The van der Waals surface area contributed by atoms with Gasteiger partial charge in [0, 0.05) is 35.5 Å².